The van der Waals surface area contributed by atoms with Crippen LogP contribution in [0.25, 0.3) is 0 Å². The lowest BCUT2D eigenvalue weighted by Gasteiger charge is -2.38. The lowest BCUT2D eigenvalue weighted by Crippen LogP contribution is -2.32. The molecule has 0 N–H and O–H groups in total. The standard InChI is InChI=1S/C32H44N2O3/c1-5-9-10-11-14-26-22-29-28(32(6-2,7-3)19-20-37-29)21-27(26)18-17-25-23-33-30(34-24-25)15-12-13-16-31(35)36-8-4/h21-24H,5-16,19-20H2,1-4H3. The molecule has 200 valence electrons. The molecule has 0 saturated heterocycles. The van der Waals surface area contributed by atoms with E-state index in [2.05, 4.69) is 54.7 Å². The van der Waals surface area contributed by atoms with Crippen LogP contribution in [0.1, 0.15) is 120 Å². The van der Waals surface area contributed by atoms with E-state index >= 15 is 0 Å². The van der Waals surface area contributed by atoms with Gasteiger partial charge in [-0.3, -0.25) is 4.79 Å². The van der Waals surface area contributed by atoms with E-state index in [1.54, 1.807) is 0 Å². The van der Waals surface area contributed by atoms with Crippen LogP contribution < -0.4 is 4.74 Å². The van der Waals surface area contributed by atoms with Gasteiger partial charge in [0.25, 0.3) is 0 Å². The van der Waals surface area contributed by atoms with Crippen molar-refractivity contribution in [3.8, 4) is 17.6 Å². The van der Waals surface area contributed by atoms with E-state index in [-0.39, 0.29) is 11.4 Å². The molecule has 1 aromatic carbocycles. The minimum atomic E-state index is -0.136. The fraction of sp³-hybridized carbons (Fsp3) is 0.594. The van der Waals surface area contributed by atoms with Crippen LogP contribution in [0.15, 0.2) is 24.5 Å². The summed E-state index contributed by atoms with van der Waals surface area (Å²) in [5.74, 6) is 8.49. The van der Waals surface area contributed by atoms with Gasteiger partial charge in [0.05, 0.1) is 18.8 Å². The highest BCUT2D eigenvalue weighted by molar-refractivity contribution is 5.69. The van der Waals surface area contributed by atoms with E-state index in [9.17, 15) is 4.79 Å². The van der Waals surface area contributed by atoms with Gasteiger partial charge in [-0.2, -0.15) is 0 Å². The van der Waals surface area contributed by atoms with Gasteiger partial charge in [-0.15, -0.1) is 0 Å². The SMILES string of the molecule is CCCCCCc1cc2c(cc1C#Cc1cnc(CCCCC(=O)OCC)nc1)C(CC)(CC)CCO2. The monoisotopic (exact) mass is 504 g/mol. The summed E-state index contributed by atoms with van der Waals surface area (Å²) in [6.45, 7) is 9.88. The Balaban J connectivity index is 1.76. The molecule has 3 rings (SSSR count). The first-order valence-corrected chi connectivity index (χ1v) is 14.3. The number of fused-ring (bicyclic) bond motifs is 1. The van der Waals surface area contributed by atoms with Gasteiger partial charge in [-0.25, -0.2) is 9.97 Å². The number of nitrogens with zero attached hydrogens (tertiary/aromatic N) is 2. The Morgan fingerprint density at radius 2 is 1.73 bits per heavy atom. The van der Waals surface area contributed by atoms with E-state index in [1.807, 2.05) is 19.3 Å². The Labute approximate surface area is 223 Å². The second kappa shape index (κ2) is 14.8. The van der Waals surface area contributed by atoms with Crippen molar-refractivity contribution in [1.82, 2.24) is 9.97 Å². The summed E-state index contributed by atoms with van der Waals surface area (Å²) >= 11 is 0. The molecule has 5 nitrogen and oxygen atoms in total. The Kier molecular flexibility index (Phi) is 11.5. The maximum absolute atomic E-state index is 11.5. The highest BCUT2D eigenvalue weighted by Crippen LogP contribution is 2.44. The van der Waals surface area contributed by atoms with E-state index in [0.29, 0.717) is 13.0 Å². The van der Waals surface area contributed by atoms with Gasteiger partial charge in [0.15, 0.2) is 0 Å². The number of rotatable bonds is 13. The largest absolute Gasteiger partial charge is 0.493 e. The molecule has 2 heterocycles. The van der Waals surface area contributed by atoms with Crippen LogP contribution in [0.3, 0.4) is 0 Å². The zero-order valence-electron chi connectivity index (χ0n) is 23.3. The molecule has 0 aliphatic carbocycles. The second-order valence-electron chi connectivity index (χ2n) is 10.1. The molecular formula is C32H44N2O3. The summed E-state index contributed by atoms with van der Waals surface area (Å²) < 4.78 is 11.1. The van der Waals surface area contributed by atoms with Gasteiger partial charge in [-0.1, -0.05) is 51.9 Å². The van der Waals surface area contributed by atoms with Crippen LogP contribution in [0, 0.1) is 11.8 Å². The number of benzene rings is 1. The molecule has 0 atom stereocenters. The number of carbonyl (C=O) groups excluding carboxylic acids is 1. The van der Waals surface area contributed by atoms with E-state index in [0.717, 1.165) is 74.3 Å². The summed E-state index contributed by atoms with van der Waals surface area (Å²) in [5.41, 5.74) is 4.70. The van der Waals surface area contributed by atoms with Crippen LogP contribution in [-0.2, 0) is 27.8 Å². The zero-order chi connectivity index (χ0) is 26.5. The third-order valence-corrected chi connectivity index (χ3v) is 7.65. The van der Waals surface area contributed by atoms with Gasteiger partial charge in [-0.05, 0) is 69.6 Å². The molecule has 37 heavy (non-hydrogen) atoms. The molecule has 0 saturated carbocycles. The van der Waals surface area contributed by atoms with Crippen LogP contribution in [0.4, 0.5) is 0 Å². The van der Waals surface area contributed by atoms with Crippen LogP contribution in [-0.4, -0.2) is 29.2 Å². The Bertz CT molecular complexity index is 1060. The molecule has 0 bridgehead atoms. The van der Waals surface area contributed by atoms with Crippen molar-refractivity contribution >= 4 is 5.97 Å². The molecule has 0 unspecified atom stereocenters. The van der Waals surface area contributed by atoms with Gasteiger partial charge < -0.3 is 9.47 Å². The van der Waals surface area contributed by atoms with Gasteiger partial charge >= 0.3 is 5.97 Å². The summed E-state index contributed by atoms with van der Waals surface area (Å²) in [7, 11) is 0. The van der Waals surface area contributed by atoms with Gasteiger partial charge in [0.2, 0.25) is 0 Å². The number of hydrogen-bond donors (Lipinski definition) is 0. The smallest absolute Gasteiger partial charge is 0.305 e. The van der Waals surface area contributed by atoms with Crippen LogP contribution in [0.5, 0.6) is 5.75 Å². The van der Waals surface area contributed by atoms with Crippen molar-refractivity contribution in [1.29, 1.82) is 0 Å². The minimum absolute atomic E-state index is 0.136. The molecular weight excluding hydrogens is 460 g/mol. The third kappa shape index (κ3) is 8.06. The average molecular weight is 505 g/mol. The lowest BCUT2D eigenvalue weighted by molar-refractivity contribution is -0.143. The van der Waals surface area contributed by atoms with Crippen LogP contribution in [0.2, 0.25) is 0 Å². The highest BCUT2D eigenvalue weighted by atomic mass is 16.5. The fourth-order valence-electron chi connectivity index (χ4n) is 5.17. The van der Waals surface area contributed by atoms with Crippen molar-refractivity contribution < 1.29 is 14.3 Å². The van der Waals surface area contributed by atoms with E-state index in [4.69, 9.17) is 9.47 Å². The van der Waals surface area contributed by atoms with E-state index < -0.39 is 0 Å². The lowest BCUT2D eigenvalue weighted by atomic mass is 9.71. The van der Waals surface area contributed by atoms with Crippen LogP contribution >= 0.6 is 0 Å². The topological polar surface area (TPSA) is 61.3 Å². The first-order chi connectivity index (χ1) is 18.0. The molecule has 0 amide bonds. The molecule has 0 radical (unpaired) electrons. The first kappa shape index (κ1) is 28.7. The number of carbonyl (C=O) groups is 1. The molecule has 5 heteroatoms. The van der Waals surface area contributed by atoms with Gasteiger partial charge in [0, 0.05) is 41.8 Å². The summed E-state index contributed by atoms with van der Waals surface area (Å²) in [5, 5.41) is 0. The van der Waals surface area contributed by atoms with Crippen molar-refractivity contribution in [3.63, 3.8) is 0 Å². The van der Waals surface area contributed by atoms with Gasteiger partial charge in [0.1, 0.15) is 11.6 Å². The van der Waals surface area contributed by atoms with Crippen molar-refractivity contribution in [2.24, 2.45) is 0 Å². The molecule has 1 aliphatic heterocycles. The Morgan fingerprint density at radius 3 is 2.43 bits per heavy atom. The first-order valence-electron chi connectivity index (χ1n) is 14.3. The second-order valence-corrected chi connectivity index (χ2v) is 10.1. The summed E-state index contributed by atoms with van der Waals surface area (Å²) in [6.07, 6.45) is 15.7. The Hall–Kier alpha value is -2.87. The number of unbranched alkanes of at least 4 members (excludes halogenated alkanes) is 4. The number of ether oxygens (including phenoxy) is 2. The Morgan fingerprint density at radius 1 is 0.973 bits per heavy atom. The predicted molar refractivity (Wildman–Crippen MR) is 149 cm³/mol. The molecule has 1 aromatic heterocycles. The number of hydrogen-bond acceptors (Lipinski definition) is 5. The highest BCUT2D eigenvalue weighted by Gasteiger charge is 2.35. The molecule has 2 aromatic rings. The minimum Gasteiger partial charge on any atom is -0.493 e. The van der Waals surface area contributed by atoms with Crippen molar-refractivity contribution in [2.45, 2.75) is 110 Å². The zero-order valence-corrected chi connectivity index (χ0v) is 23.3. The number of esters is 1. The predicted octanol–water partition coefficient (Wildman–Crippen LogP) is 7.12. The number of aromatic nitrogens is 2. The molecule has 0 fully saturated rings. The number of aryl methyl sites for hydroxylation is 2. The fourth-order valence-corrected chi connectivity index (χ4v) is 5.17. The average Bonchev–Trinajstić information content (AvgIpc) is 2.92. The summed E-state index contributed by atoms with van der Waals surface area (Å²) in [4.78, 5) is 20.5. The summed E-state index contributed by atoms with van der Waals surface area (Å²) in [6, 6.07) is 4.57. The van der Waals surface area contributed by atoms with Crippen molar-refractivity contribution in [2.75, 3.05) is 13.2 Å². The third-order valence-electron chi connectivity index (χ3n) is 7.65. The van der Waals surface area contributed by atoms with E-state index in [1.165, 1.54) is 36.8 Å². The van der Waals surface area contributed by atoms with Crippen molar-refractivity contribution in [3.05, 3.63) is 52.6 Å². The normalized spacial score (nSPS) is 13.7. The quantitative estimate of drug-likeness (QED) is 0.165. The molecule has 1 aliphatic rings. The maximum atomic E-state index is 11.5. The maximum Gasteiger partial charge on any atom is 0.305 e. The molecule has 0 spiro atoms.